The Labute approximate surface area is 141 Å². The third-order valence-electron chi connectivity index (χ3n) is 4.85. The largest absolute Gasteiger partial charge is 0.372 e. The van der Waals surface area contributed by atoms with E-state index in [2.05, 4.69) is 17.3 Å². The molecular weight excluding hydrogens is 304 g/mol. The number of carbonyl (C=O) groups is 1. The van der Waals surface area contributed by atoms with Gasteiger partial charge in [-0.3, -0.25) is 4.79 Å². The molecule has 2 heterocycles. The number of hydrogen-bond donors (Lipinski definition) is 0. The molecule has 4 rings (SSSR count). The highest BCUT2D eigenvalue weighted by Crippen LogP contribution is 2.42. The van der Waals surface area contributed by atoms with Crippen LogP contribution in [0.15, 0.2) is 34.9 Å². The Bertz CT molecular complexity index is 721. The molecule has 126 valence electrons. The summed E-state index contributed by atoms with van der Waals surface area (Å²) in [6.07, 6.45) is 3.04. The molecule has 1 aliphatic heterocycles. The molecule has 1 aromatic heterocycles. The van der Waals surface area contributed by atoms with Crippen molar-refractivity contribution < 1.29 is 14.1 Å². The van der Waals surface area contributed by atoms with Gasteiger partial charge in [0.25, 0.3) is 5.91 Å². The molecule has 5 nitrogen and oxygen atoms in total. The fraction of sp³-hybridized carbons (Fsp3) is 0.474. The van der Waals surface area contributed by atoms with Crippen LogP contribution in [0.4, 0.5) is 0 Å². The number of amides is 1. The maximum absolute atomic E-state index is 13.0. The molecule has 0 radical (unpaired) electrons. The molecule has 0 bridgehead atoms. The van der Waals surface area contributed by atoms with E-state index in [-0.39, 0.29) is 12.0 Å². The Balaban J connectivity index is 1.49. The van der Waals surface area contributed by atoms with Crippen molar-refractivity contribution in [2.75, 3.05) is 19.7 Å². The minimum atomic E-state index is 0.0351. The topological polar surface area (TPSA) is 55.6 Å². The van der Waals surface area contributed by atoms with Crippen molar-refractivity contribution in [1.82, 2.24) is 10.1 Å². The molecule has 2 aromatic rings. The van der Waals surface area contributed by atoms with Gasteiger partial charge in [0.1, 0.15) is 5.56 Å². The molecule has 1 saturated carbocycles. The number of carbonyl (C=O) groups excluding carboxylic acids is 1. The van der Waals surface area contributed by atoms with Gasteiger partial charge in [-0.2, -0.15) is 0 Å². The van der Waals surface area contributed by atoms with Crippen molar-refractivity contribution >= 4 is 5.91 Å². The lowest BCUT2D eigenvalue weighted by Gasteiger charge is -2.20. The molecule has 1 unspecified atom stereocenters. The SMILES string of the molecule is Cc1noc(C2CC2)c1C(=O)N1CCOC(c2ccccc2)CC1. The van der Waals surface area contributed by atoms with Crippen LogP contribution in [0.2, 0.25) is 0 Å². The molecule has 0 N–H and O–H groups in total. The summed E-state index contributed by atoms with van der Waals surface area (Å²) < 4.78 is 11.4. The number of rotatable bonds is 3. The highest BCUT2D eigenvalue weighted by molar-refractivity contribution is 5.96. The van der Waals surface area contributed by atoms with Crippen molar-refractivity contribution in [3.05, 3.63) is 52.9 Å². The summed E-state index contributed by atoms with van der Waals surface area (Å²) in [7, 11) is 0. The van der Waals surface area contributed by atoms with Gasteiger partial charge in [-0.05, 0) is 31.7 Å². The molecule has 1 aliphatic carbocycles. The van der Waals surface area contributed by atoms with Gasteiger partial charge in [0, 0.05) is 19.0 Å². The lowest BCUT2D eigenvalue weighted by molar-refractivity contribution is 0.0584. The first kappa shape index (κ1) is 15.4. The minimum Gasteiger partial charge on any atom is -0.372 e. The van der Waals surface area contributed by atoms with E-state index in [4.69, 9.17) is 9.26 Å². The molecule has 1 saturated heterocycles. The molecule has 1 aromatic carbocycles. The van der Waals surface area contributed by atoms with Crippen LogP contribution >= 0.6 is 0 Å². The van der Waals surface area contributed by atoms with Crippen molar-refractivity contribution in [3.8, 4) is 0 Å². The number of hydrogen-bond acceptors (Lipinski definition) is 4. The Hall–Kier alpha value is -2.14. The zero-order valence-electron chi connectivity index (χ0n) is 13.9. The van der Waals surface area contributed by atoms with Crippen molar-refractivity contribution in [1.29, 1.82) is 0 Å². The molecule has 2 fully saturated rings. The van der Waals surface area contributed by atoms with Crippen LogP contribution in [-0.4, -0.2) is 35.7 Å². The number of nitrogens with zero attached hydrogens (tertiary/aromatic N) is 2. The predicted octanol–water partition coefficient (Wildman–Crippen LogP) is 3.46. The summed E-state index contributed by atoms with van der Waals surface area (Å²) in [5.74, 6) is 1.20. The predicted molar refractivity (Wildman–Crippen MR) is 88.9 cm³/mol. The maximum atomic E-state index is 13.0. The summed E-state index contributed by atoms with van der Waals surface area (Å²) in [5, 5.41) is 4.03. The standard InChI is InChI=1S/C19H22N2O3/c1-13-17(18(24-20-13)15-7-8-15)19(22)21-10-9-16(23-12-11-21)14-5-3-2-4-6-14/h2-6,15-16H,7-12H2,1H3. The lowest BCUT2D eigenvalue weighted by atomic mass is 10.1. The molecule has 2 aliphatic rings. The Morgan fingerprint density at radius 2 is 1.96 bits per heavy atom. The summed E-state index contributed by atoms with van der Waals surface area (Å²) in [6.45, 7) is 3.70. The fourth-order valence-electron chi connectivity index (χ4n) is 3.34. The Morgan fingerprint density at radius 3 is 2.71 bits per heavy atom. The van der Waals surface area contributed by atoms with E-state index in [1.165, 1.54) is 5.56 Å². The van der Waals surface area contributed by atoms with Crippen LogP contribution in [0.1, 0.15) is 58.7 Å². The van der Waals surface area contributed by atoms with Crippen LogP contribution in [-0.2, 0) is 4.74 Å². The second-order valence-electron chi connectivity index (χ2n) is 6.63. The van der Waals surface area contributed by atoms with Gasteiger partial charge in [-0.1, -0.05) is 35.5 Å². The van der Waals surface area contributed by atoms with E-state index in [1.807, 2.05) is 30.0 Å². The molecular formula is C19H22N2O3. The number of benzene rings is 1. The Morgan fingerprint density at radius 1 is 1.17 bits per heavy atom. The highest BCUT2D eigenvalue weighted by atomic mass is 16.5. The van der Waals surface area contributed by atoms with Crippen molar-refractivity contribution in [3.63, 3.8) is 0 Å². The van der Waals surface area contributed by atoms with E-state index in [1.54, 1.807) is 0 Å². The second kappa shape index (κ2) is 6.40. The zero-order valence-corrected chi connectivity index (χ0v) is 13.9. The van der Waals surface area contributed by atoms with E-state index in [9.17, 15) is 4.79 Å². The number of aromatic nitrogens is 1. The zero-order chi connectivity index (χ0) is 16.5. The fourth-order valence-corrected chi connectivity index (χ4v) is 3.34. The van der Waals surface area contributed by atoms with Gasteiger partial charge in [0.15, 0.2) is 5.76 Å². The van der Waals surface area contributed by atoms with Gasteiger partial charge in [0.05, 0.1) is 18.4 Å². The molecule has 5 heteroatoms. The molecule has 1 amide bonds. The van der Waals surface area contributed by atoms with Crippen LogP contribution in [0.25, 0.3) is 0 Å². The summed E-state index contributed by atoms with van der Waals surface area (Å²) in [6, 6.07) is 10.2. The smallest absolute Gasteiger partial charge is 0.259 e. The monoisotopic (exact) mass is 326 g/mol. The summed E-state index contributed by atoms with van der Waals surface area (Å²) in [4.78, 5) is 14.9. The van der Waals surface area contributed by atoms with Gasteiger partial charge in [-0.15, -0.1) is 0 Å². The lowest BCUT2D eigenvalue weighted by Crippen LogP contribution is -2.33. The van der Waals surface area contributed by atoms with Gasteiger partial charge < -0.3 is 14.2 Å². The van der Waals surface area contributed by atoms with Crippen LogP contribution in [0.5, 0.6) is 0 Å². The molecule has 24 heavy (non-hydrogen) atoms. The van der Waals surface area contributed by atoms with E-state index < -0.39 is 0 Å². The van der Waals surface area contributed by atoms with E-state index in [0.29, 0.717) is 36.9 Å². The van der Waals surface area contributed by atoms with Gasteiger partial charge in [0.2, 0.25) is 0 Å². The Kier molecular flexibility index (Phi) is 4.10. The first-order chi connectivity index (χ1) is 11.7. The average molecular weight is 326 g/mol. The minimum absolute atomic E-state index is 0.0351. The first-order valence-electron chi connectivity index (χ1n) is 8.66. The normalized spacial score (nSPS) is 21.5. The molecule has 1 atom stereocenters. The van der Waals surface area contributed by atoms with Crippen LogP contribution in [0.3, 0.4) is 0 Å². The van der Waals surface area contributed by atoms with Gasteiger partial charge in [-0.25, -0.2) is 0 Å². The third-order valence-corrected chi connectivity index (χ3v) is 4.85. The van der Waals surface area contributed by atoms with Crippen molar-refractivity contribution in [2.24, 2.45) is 0 Å². The van der Waals surface area contributed by atoms with Crippen LogP contribution in [0, 0.1) is 6.92 Å². The second-order valence-corrected chi connectivity index (χ2v) is 6.63. The van der Waals surface area contributed by atoms with E-state index in [0.717, 1.165) is 25.0 Å². The van der Waals surface area contributed by atoms with Crippen LogP contribution < -0.4 is 0 Å². The first-order valence-corrected chi connectivity index (χ1v) is 8.66. The number of ether oxygens (including phenoxy) is 1. The quantitative estimate of drug-likeness (QED) is 0.867. The van der Waals surface area contributed by atoms with Gasteiger partial charge >= 0.3 is 0 Å². The molecule has 0 spiro atoms. The third kappa shape index (κ3) is 2.96. The summed E-state index contributed by atoms with van der Waals surface area (Å²) >= 11 is 0. The number of aryl methyl sites for hydroxylation is 1. The highest BCUT2D eigenvalue weighted by Gasteiger charge is 2.36. The van der Waals surface area contributed by atoms with Crippen molar-refractivity contribution in [2.45, 2.75) is 38.2 Å². The summed E-state index contributed by atoms with van der Waals surface area (Å²) in [5.41, 5.74) is 2.55. The van der Waals surface area contributed by atoms with E-state index >= 15 is 0 Å². The maximum Gasteiger partial charge on any atom is 0.259 e. The average Bonchev–Trinajstić information content (AvgIpc) is 3.41.